The SMILES string of the molecule is COC(=O)c1cccc(N2CC(S)CC2=O)n1. The number of nitrogens with zero attached hydrogens (tertiary/aromatic N) is 2. The van der Waals surface area contributed by atoms with Gasteiger partial charge in [-0.25, -0.2) is 9.78 Å². The first-order valence-corrected chi connectivity index (χ1v) is 5.67. The summed E-state index contributed by atoms with van der Waals surface area (Å²) in [7, 11) is 1.29. The van der Waals surface area contributed by atoms with Crippen molar-refractivity contribution in [2.24, 2.45) is 0 Å². The molecule has 1 unspecified atom stereocenters. The van der Waals surface area contributed by atoms with Gasteiger partial charge in [-0.3, -0.25) is 9.69 Å². The van der Waals surface area contributed by atoms with Gasteiger partial charge in [0.25, 0.3) is 0 Å². The maximum Gasteiger partial charge on any atom is 0.356 e. The molecule has 1 amide bonds. The fraction of sp³-hybridized carbons (Fsp3) is 0.364. The predicted octanol–water partition coefficient (Wildman–Crippen LogP) is 0.903. The number of carbonyl (C=O) groups is 2. The number of methoxy groups -OCH3 is 1. The van der Waals surface area contributed by atoms with Crippen molar-refractivity contribution >= 4 is 30.3 Å². The molecule has 0 bridgehead atoms. The summed E-state index contributed by atoms with van der Waals surface area (Å²) in [6.45, 7) is 0.513. The van der Waals surface area contributed by atoms with Crippen LogP contribution in [0.2, 0.25) is 0 Å². The Balaban J connectivity index is 2.27. The molecule has 1 aliphatic rings. The van der Waals surface area contributed by atoms with Gasteiger partial charge in [-0.1, -0.05) is 6.07 Å². The molecule has 1 aromatic rings. The Labute approximate surface area is 104 Å². The van der Waals surface area contributed by atoms with Gasteiger partial charge in [0.1, 0.15) is 5.82 Å². The molecular formula is C11H12N2O3S. The molecule has 0 saturated carbocycles. The first-order valence-electron chi connectivity index (χ1n) is 5.15. The van der Waals surface area contributed by atoms with Crippen molar-refractivity contribution in [2.75, 3.05) is 18.6 Å². The van der Waals surface area contributed by atoms with Gasteiger partial charge in [-0.15, -0.1) is 0 Å². The second-order valence-corrected chi connectivity index (χ2v) is 4.47. The molecule has 17 heavy (non-hydrogen) atoms. The number of carbonyl (C=O) groups excluding carboxylic acids is 2. The number of hydrogen-bond acceptors (Lipinski definition) is 5. The van der Waals surface area contributed by atoms with E-state index in [9.17, 15) is 9.59 Å². The molecule has 1 atom stereocenters. The largest absolute Gasteiger partial charge is 0.464 e. The van der Waals surface area contributed by atoms with E-state index in [-0.39, 0.29) is 16.9 Å². The number of hydrogen-bond donors (Lipinski definition) is 1. The number of thiol groups is 1. The molecule has 0 spiro atoms. The molecule has 1 fully saturated rings. The number of esters is 1. The normalized spacial score (nSPS) is 19.5. The Hall–Kier alpha value is -1.56. The van der Waals surface area contributed by atoms with Crippen LogP contribution in [-0.4, -0.2) is 35.8 Å². The van der Waals surface area contributed by atoms with Gasteiger partial charge < -0.3 is 4.74 Å². The summed E-state index contributed by atoms with van der Waals surface area (Å²) in [5.74, 6) is -0.0742. The highest BCUT2D eigenvalue weighted by molar-refractivity contribution is 7.81. The lowest BCUT2D eigenvalue weighted by Crippen LogP contribution is -2.26. The van der Waals surface area contributed by atoms with Crippen LogP contribution in [-0.2, 0) is 9.53 Å². The van der Waals surface area contributed by atoms with Gasteiger partial charge in [0.2, 0.25) is 5.91 Å². The summed E-state index contributed by atoms with van der Waals surface area (Å²) < 4.78 is 4.58. The molecule has 2 heterocycles. The van der Waals surface area contributed by atoms with Gasteiger partial charge in [-0.05, 0) is 12.1 Å². The number of aromatic nitrogens is 1. The summed E-state index contributed by atoms with van der Waals surface area (Å²) in [6.07, 6.45) is 0.396. The number of rotatable bonds is 2. The van der Waals surface area contributed by atoms with Crippen LogP contribution in [0.15, 0.2) is 18.2 Å². The van der Waals surface area contributed by atoms with Gasteiger partial charge in [0.05, 0.1) is 7.11 Å². The number of anilines is 1. The van der Waals surface area contributed by atoms with Crippen molar-refractivity contribution in [2.45, 2.75) is 11.7 Å². The zero-order valence-electron chi connectivity index (χ0n) is 9.29. The van der Waals surface area contributed by atoms with E-state index in [2.05, 4.69) is 22.3 Å². The molecule has 1 saturated heterocycles. The highest BCUT2D eigenvalue weighted by atomic mass is 32.1. The quantitative estimate of drug-likeness (QED) is 0.627. The van der Waals surface area contributed by atoms with Crippen LogP contribution in [0.4, 0.5) is 5.82 Å². The van der Waals surface area contributed by atoms with Crippen molar-refractivity contribution in [3.63, 3.8) is 0 Å². The van der Waals surface area contributed by atoms with E-state index in [1.807, 2.05) is 0 Å². The van der Waals surface area contributed by atoms with Crippen molar-refractivity contribution in [3.8, 4) is 0 Å². The molecule has 0 aliphatic carbocycles. The standard InChI is InChI=1S/C11H12N2O3S/c1-16-11(15)8-3-2-4-9(12-8)13-6-7(17)5-10(13)14/h2-4,7,17H,5-6H2,1H3. The molecule has 1 aromatic heterocycles. The zero-order valence-corrected chi connectivity index (χ0v) is 10.2. The first-order chi connectivity index (χ1) is 8.11. The number of pyridine rings is 1. The molecule has 0 N–H and O–H groups in total. The van der Waals surface area contributed by atoms with Gasteiger partial charge in [-0.2, -0.15) is 12.6 Å². The van der Waals surface area contributed by atoms with E-state index >= 15 is 0 Å². The van der Waals surface area contributed by atoms with E-state index in [0.29, 0.717) is 18.8 Å². The summed E-state index contributed by atoms with van der Waals surface area (Å²) in [5.41, 5.74) is 0.195. The van der Waals surface area contributed by atoms with Crippen LogP contribution in [0.1, 0.15) is 16.9 Å². The second-order valence-electron chi connectivity index (χ2n) is 3.73. The fourth-order valence-corrected chi connectivity index (χ4v) is 2.02. The fourth-order valence-electron chi connectivity index (χ4n) is 1.70. The van der Waals surface area contributed by atoms with Crippen LogP contribution in [0.3, 0.4) is 0 Å². The highest BCUT2D eigenvalue weighted by Crippen LogP contribution is 2.22. The van der Waals surface area contributed by atoms with Crippen LogP contribution < -0.4 is 4.90 Å². The molecular weight excluding hydrogens is 240 g/mol. The summed E-state index contributed by atoms with van der Waals surface area (Å²) >= 11 is 4.26. The minimum absolute atomic E-state index is 0.0195. The molecule has 6 heteroatoms. The average molecular weight is 252 g/mol. The lowest BCUT2D eigenvalue weighted by Gasteiger charge is -2.15. The predicted molar refractivity (Wildman–Crippen MR) is 65.3 cm³/mol. The van der Waals surface area contributed by atoms with Gasteiger partial charge >= 0.3 is 5.97 Å². The lowest BCUT2D eigenvalue weighted by molar-refractivity contribution is -0.117. The smallest absolute Gasteiger partial charge is 0.356 e. The first kappa shape index (κ1) is 11.9. The molecule has 5 nitrogen and oxygen atoms in total. The van der Waals surface area contributed by atoms with Crippen LogP contribution in [0.25, 0.3) is 0 Å². The number of amides is 1. The van der Waals surface area contributed by atoms with Crippen molar-refractivity contribution in [1.82, 2.24) is 4.98 Å². The van der Waals surface area contributed by atoms with E-state index in [1.54, 1.807) is 18.2 Å². The van der Waals surface area contributed by atoms with Crippen LogP contribution in [0.5, 0.6) is 0 Å². The Morgan fingerprint density at radius 3 is 2.94 bits per heavy atom. The van der Waals surface area contributed by atoms with Crippen molar-refractivity contribution < 1.29 is 14.3 Å². The zero-order chi connectivity index (χ0) is 12.4. The van der Waals surface area contributed by atoms with Gasteiger partial charge in [0, 0.05) is 18.2 Å². The van der Waals surface area contributed by atoms with Gasteiger partial charge in [0.15, 0.2) is 5.69 Å². The molecule has 1 aliphatic heterocycles. The Bertz CT molecular complexity index is 464. The third-order valence-corrected chi connectivity index (χ3v) is 2.86. The highest BCUT2D eigenvalue weighted by Gasteiger charge is 2.29. The summed E-state index contributed by atoms with van der Waals surface area (Å²) in [6, 6.07) is 4.91. The molecule has 0 radical (unpaired) electrons. The van der Waals surface area contributed by atoms with Crippen LogP contribution in [0, 0.1) is 0 Å². The second kappa shape index (κ2) is 4.75. The maximum atomic E-state index is 11.7. The summed E-state index contributed by atoms with van der Waals surface area (Å²) in [4.78, 5) is 28.6. The minimum atomic E-state index is -0.513. The topological polar surface area (TPSA) is 59.5 Å². The van der Waals surface area contributed by atoms with E-state index in [4.69, 9.17) is 0 Å². The Morgan fingerprint density at radius 1 is 1.59 bits per heavy atom. The lowest BCUT2D eigenvalue weighted by atomic mass is 10.3. The third-order valence-electron chi connectivity index (χ3n) is 2.51. The van der Waals surface area contributed by atoms with Crippen molar-refractivity contribution in [3.05, 3.63) is 23.9 Å². The monoisotopic (exact) mass is 252 g/mol. The summed E-state index contributed by atoms with van der Waals surface area (Å²) in [5, 5.41) is 0.0195. The third kappa shape index (κ3) is 2.41. The Kier molecular flexibility index (Phi) is 3.33. The average Bonchev–Trinajstić information content (AvgIpc) is 2.67. The van der Waals surface area contributed by atoms with Crippen LogP contribution >= 0.6 is 12.6 Å². The number of ether oxygens (including phenoxy) is 1. The Morgan fingerprint density at radius 2 is 2.35 bits per heavy atom. The van der Waals surface area contributed by atoms with E-state index in [0.717, 1.165) is 0 Å². The molecule has 90 valence electrons. The van der Waals surface area contributed by atoms with E-state index in [1.165, 1.54) is 12.0 Å². The molecule has 2 rings (SSSR count). The molecule has 0 aromatic carbocycles. The maximum absolute atomic E-state index is 11.7. The van der Waals surface area contributed by atoms with E-state index < -0.39 is 5.97 Å². The minimum Gasteiger partial charge on any atom is -0.464 e. The van der Waals surface area contributed by atoms with Crippen molar-refractivity contribution in [1.29, 1.82) is 0 Å².